The summed E-state index contributed by atoms with van der Waals surface area (Å²) in [5, 5.41) is 7.55. The first-order chi connectivity index (χ1) is 14.2. The van der Waals surface area contributed by atoms with Crippen LogP contribution in [0.3, 0.4) is 0 Å². The van der Waals surface area contributed by atoms with E-state index in [1.807, 2.05) is 28.9 Å². The molecule has 1 aliphatic carbocycles. The molecule has 2 aromatic rings. The molecule has 1 unspecified atom stereocenters. The Hall–Kier alpha value is -2.54. The van der Waals surface area contributed by atoms with Crippen LogP contribution < -0.4 is 19.7 Å². The van der Waals surface area contributed by atoms with E-state index in [2.05, 4.69) is 10.4 Å². The van der Waals surface area contributed by atoms with Crippen molar-refractivity contribution in [3.63, 3.8) is 0 Å². The molecule has 0 bridgehead atoms. The quantitative estimate of drug-likeness (QED) is 0.750. The monoisotopic (exact) mass is 399 g/mol. The Morgan fingerprint density at radius 3 is 2.76 bits per heavy atom. The predicted octanol–water partition coefficient (Wildman–Crippen LogP) is 2.37. The molecular formula is C22H31N4O3+. The lowest BCUT2D eigenvalue weighted by Gasteiger charge is -2.23. The number of hydrogen-bond donors (Lipinski definition) is 2. The highest BCUT2D eigenvalue weighted by molar-refractivity contribution is 5.90. The number of nitrogens with zero attached hydrogens (tertiary/aromatic N) is 2. The van der Waals surface area contributed by atoms with Crippen molar-refractivity contribution in [2.45, 2.75) is 50.6 Å². The summed E-state index contributed by atoms with van der Waals surface area (Å²) in [6.45, 7) is 1.40. The zero-order chi connectivity index (χ0) is 20.2. The first-order valence-corrected chi connectivity index (χ1v) is 10.6. The van der Waals surface area contributed by atoms with Gasteiger partial charge in [-0.25, -0.2) is 4.68 Å². The van der Waals surface area contributed by atoms with Gasteiger partial charge in [0.05, 0.1) is 38.6 Å². The van der Waals surface area contributed by atoms with Gasteiger partial charge in [0, 0.05) is 18.9 Å². The second-order valence-corrected chi connectivity index (χ2v) is 8.04. The highest BCUT2D eigenvalue weighted by atomic mass is 16.5. The molecule has 0 radical (unpaired) electrons. The highest BCUT2D eigenvalue weighted by Crippen LogP contribution is 2.32. The molecule has 2 fully saturated rings. The summed E-state index contributed by atoms with van der Waals surface area (Å²) in [4.78, 5) is 14.1. The second-order valence-electron chi connectivity index (χ2n) is 8.04. The fourth-order valence-electron chi connectivity index (χ4n) is 4.86. The first-order valence-electron chi connectivity index (χ1n) is 10.6. The molecule has 1 saturated carbocycles. The van der Waals surface area contributed by atoms with Gasteiger partial charge in [-0.1, -0.05) is 12.8 Å². The minimum atomic E-state index is 0.0357. The summed E-state index contributed by atoms with van der Waals surface area (Å²) < 4.78 is 13.0. The number of amides is 1. The molecule has 1 saturated heterocycles. The fourth-order valence-corrected chi connectivity index (χ4v) is 4.86. The molecule has 29 heavy (non-hydrogen) atoms. The number of methoxy groups -OCH3 is 2. The van der Waals surface area contributed by atoms with Crippen molar-refractivity contribution in [2.75, 3.05) is 32.6 Å². The average Bonchev–Trinajstić information content (AvgIpc) is 3.49. The van der Waals surface area contributed by atoms with Gasteiger partial charge in [-0.3, -0.25) is 4.79 Å². The van der Waals surface area contributed by atoms with Gasteiger partial charge in [-0.05, 0) is 31.0 Å². The van der Waals surface area contributed by atoms with Crippen LogP contribution in [-0.4, -0.2) is 43.0 Å². The third-order valence-electron chi connectivity index (χ3n) is 6.29. The first kappa shape index (κ1) is 19.8. The van der Waals surface area contributed by atoms with Gasteiger partial charge in [0.2, 0.25) is 0 Å². The number of aromatic nitrogens is 2. The van der Waals surface area contributed by atoms with E-state index in [0.29, 0.717) is 12.6 Å². The fraction of sp³-hybridized carbons (Fsp3) is 0.545. The standard InChI is InChI=1S/C22H30N4O3/c1-28-17-9-10-20(29-2)18(14-17)19-8-5-13-25(19)15-22(27)24-21-11-12-23-26(21)16-6-3-4-7-16/h9-12,14,16,19H,3-8,13,15H2,1-2H3,(H,24,27)/p+1/t19-/m0/s1. The van der Waals surface area contributed by atoms with Crippen molar-refractivity contribution in [3.8, 4) is 11.5 Å². The van der Waals surface area contributed by atoms with E-state index in [4.69, 9.17) is 9.47 Å². The van der Waals surface area contributed by atoms with E-state index in [1.165, 1.54) is 17.7 Å². The second kappa shape index (κ2) is 8.86. The number of carbonyl (C=O) groups is 1. The number of quaternary nitrogens is 1. The summed E-state index contributed by atoms with van der Waals surface area (Å²) in [6.07, 6.45) is 8.65. The van der Waals surface area contributed by atoms with Crippen LogP contribution >= 0.6 is 0 Å². The number of rotatable bonds is 7. The summed E-state index contributed by atoms with van der Waals surface area (Å²) in [5.74, 6) is 2.52. The Kier molecular flexibility index (Phi) is 6.04. The van der Waals surface area contributed by atoms with Crippen molar-refractivity contribution >= 4 is 11.7 Å². The summed E-state index contributed by atoms with van der Waals surface area (Å²) in [6, 6.07) is 8.44. The van der Waals surface area contributed by atoms with Gasteiger partial charge in [0.15, 0.2) is 6.54 Å². The Morgan fingerprint density at radius 1 is 1.17 bits per heavy atom. The molecule has 7 heteroatoms. The molecule has 7 nitrogen and oxygen atoms in total. The SMILES string of the molecule is COc1ccc(OC)c([C@@H]2CCC[NH+]2CC(=O)Nc2ccnn2C2CCCC2)c1. The Labute approximate surface area is 172 Å². The third-order valence-corrected chi connectivity index (χ3v) is 6.29. The number of likely N-dealkylation sites (tertiary alicyclic amines) is 1. The van der Waals surface area contributed by atoms with Crippen LogP contribution in [-0.2, 0) is 4.79 Å². The zero-order valence-electron chi connectivity index (χ0n) is 17.3. The van der Waals surface area contributed by atoms with Gasteiger partial charge in [-0.2, -0.15) is 5.10 Å². The molecular weight excluding hydrogens is 368 g/mol. The lowest BCUT2D eigenvalue weighted by atomic mass is 10.0. The lowest BCUT2D eigenvalue weighted by molar-refractivity contribution is -0.910. The average molecular weight is 400 g/mol. The molecule has 2 heterocycles. The smallest absolute Gasteiger partial charge is 0.280 e. The topological polar surface area (TPSA) is 69.8 Å². The Morgan fingerprint density at radius 2 is 2.00 bits per heavy atom. The molecule has 1 aliphatic heterocycles. The van der Waals surface area contributed by atoms with Gasteiger partial charge in [0.1, 0.15) is 23.4 Å². The molecule has 2 atom stereocenters. The van der Waals surface area contributed by atoms with Crippen LogP contribution in [0.4, 0.5) is 5.82 Å². The van der Waals surface area contributed by atoms with Crippen LogP contribution in [0, 0.1) is 0 Å². The van der Waals surface area contributed by atoms with Crippen LogP contribution in [0.15, 0.2) is 30.5 Å². The number of hydrogen-bond acceptors (Lipinski definition) is 4. The van der Waals surface area contributed by atoms with Crippen LogP contribution in [0.25, 0.3) is 0 Å². The highest BCUT2D eigenvalue weighted by Gasteiger charge is 2.34. The molecule has 4 rings (SSSR count). The van der Waals surface area contributed by atoms with E-state index in [9.17, 15) is 4.79 Å². The maximum absolute atomic E-state index is 12.9. The van der Waals surface area contributed by atoms with Gasteiger partial charge < -0.3 is 19.7 Å². The van der Waals surface area contributed by atoms with Gasteiger partial charge >= 0.3 is 0 Å². The Bertz CT molecular complexity index is 844. The van der Waals surface area contributed by atoms with Crippen molar-refractivity contribution in [1.29, 1.82) is 0 Å². The molecule has 2 N–H and O–H groups in total. The molecule has 156 valence electrons. The molecule has 0 spiro atoms. The number of ether oxygens (including phenoxy) is 2. The van der Waals surface area contributed by atoms with Crippen molar-refractivity contribution in [2.24, 2.45) is 0 Å². The molecule has 1 amide bonds. The van der Waals surface area contributed by atoms with E-state index >= 15 is 0 Å². The van der Waals surface area contributed by atoms with Crippen molar-refractivity contribution in [3.05, 3.63) is 36.0 Å². The van der Waals surface area contributed by atoms with Crippen LogP contribution in [0.5, 0.6) is 11.5 Å². The molecule has 2 aliphatic rings. The number of carbonyl (C=O) groups excluding carboxylic acids is 1. The number of benzene rings is 1. The van der Waals surface area contributed by atoms with E-state index in [-0.39, 0.29) is 11.9 Å². The van der Waals surface area contributed by atoms with Crippen LogP contribution in [0.1, 0.15) is 56.2 Å². The van der Waals surface area contributed by atoms with Crippen molar-refractivity contribution in [1.82, 2.24) is 9.78 Å². The largest absolute Gasteiger partial charge is 0.497 e. The molecule has 1 aromatic carbocycles. The summed E-state index contributed by atoms with van der Waals surface area (Å²) in [5.41, 5.74) is 1.11. The summed E-state index contributed by atoms with van der Waals surface area (Å²) >= 11 is 0. The molecule has 1 aromatic heterocycles. The minimum absolute atomic E-state index is 0.0357. The van der Waals surface area contributed by atoms with Crippen LogP contribution in [0.2, 0.25) is 0 Å². The number of nitrogens with one attached hydrogen (secondary N) is 2. The predicted molar refractivity (Wildman–Crippen MR) is 111 cm³/mol. The summed E-state index contributed by atoms with van der Waals surface area (Å²) in [7, 11) is 3.36. The third kappa shape index (κ3) is 4.24. The van der Waals surface area contributed by atoms with E-state index < -0.39 is 0 Å². The van der Waals surface area contributed by atoms with Crippen molar-refractivity contribution < 1.29 is 19.2 Å². The lowest BCUT2D eigenvalue weighted by Crippen LogP contribution is -3.11. The van der Waals surface area contributed by atoms with Gasteiger partial charge in [0.25, 0.3) is 5.91 Å². The van der Waals surface area contributed by atoms with E-state index in [0.717, 1.165) is 55.1 Å². The number of anilines is 1. The Balaban J connectivity index is 1.45. The maximum Gasteiger partial charge on any atom is 0.280 e. The zero-order valence-corrected chi connectivity index (χ0v) is 17.3. The maximum atomic E-state index is 12.9. The normalized spacial score (nSPS) is 22.0. The minimum Gasteiger partial charge on any atom is -0.497 e. The van der Waals surface area contributed by atoms with E-state index in [1.54, 1.807) is 20.4 Å². The van der Waals surface area contributed by atoms with Gasteiger partial charge in [-0.15, -0.1) is 0 Å².